The van der Waals surface area contributed by atoms with Crippen LogP contribution >= 0.6 is 0 Å². The minimum absolute atomic E-state index is 0.193. The van der Waals surface area contributed by atoms with Gasteiger partial charge in [0, 0.05) is 13.0 Å². The number of carbonyl (C=O) groups is 2. The number of hydrogen-bond acceptors (Lipinski definition) is 3. The molecular weight excluding hydrogens is 297 g/mol. The van der Waals surface area contributed by atoms with E-state index in [4.69, 9.17) is 0 Å². The zero-order valence-electron chi connectivity index (χ0n) is 14.9. The van der Waals surface area contributed by atoms with Gasteiger partial charge in [0.25, 0.3) is 0 Å². The summed E-state index contributed by atoms with van der Waals surface area (Å²) in [6.07, 6.45) is 5.09. The average molecular weight is 329 g/mol. The molecule has 0 aromatic heterocycles. The normalized spacial score (nSPS) is 31.0. The second kappa shape index (κ2) is 9.21. The van der Waals surface area contributed by atoms with Crippen LogP contribution in [-0.4, -0.2) is 43.7 Å². The summed E-state index contributed by atoms with van der Waals surface area (Å²) < 4.78 is 12.7. The highest BCUT2D eigenvalue weighted by Gasteiger charge is 2.61. The van der Waals surface area contributed by atoms with Crippen molar-refractivity contribution in [1.82, 2.24) is 16.0 Å². The van der Waals surface area contributed by atoms with Gasteiger partial charge in [-0.15, -0.1) is 0 Å². The fourth-order valence-electron chi connectivity index (χ4n) is 2.61. The molecule has 2 amide bonds. The second-order valence-corrected chi connectivity index (χ2v) is 6.43. The monoisotopic (exact) mass is 329 g/mol. The van der Waals surface area contributed by atoms with Crippen LogP contribution in [0.4, 0.5) is 4.39 Å². The molecule has 2 saturated carbocycles. The predicted octanol–water partition coefficient (Wildman–Crippen LogP) is 1.77. The average Bonchev–Trinajstić information content (AvgIpc) is 3.44. The maximum atomic E-state index is 12.7. The van der Waals surface area contributed by atoms with Gasteiger partial charge in [0.15, 0.2) is 0 Å². The lowest BCUT2D eigenvalue weighted by atomic mass is 10.1. The van der Waals surface area contributed by atoms with E-state index in [0.717, 1.165) is 25.3 Å². The zero-order chi connectivity index (χ0) is 17.5. The van der Waals surface area contributed by atoms with Crippen molar-refractivity contribution < 1.29 is 14.0 Å². The maximum Gasteiger partial charge on any atom is 0.245 e. The topological polar surface area (TPSA) is 70.2 Å². The molecule has 1 heterocycles. The number of hydrogen-bond donors (Lipinski definition) is 3. The van der Waals surface area contributed by atoms with Crippen molar-refractivity contribution in [3.8, 4) is 0 Å². The Morgan fingerprint density at radius 1 is 1.26 bits per heavy atom. The molecule has 3 rings (SSSR count). The summed E-state index contributed by atoms with van der Waals surface area (Å²) in [4.78, 5) is 23.6. The van der Waals surface area contributed by atoms with Crippen molar-refractivity contribution in [3.05, 3.63) is 0 Å². The van der Waals surface area contributed by atoms with E-state index in [0.29, 0.717) is 6.42 Å². The molecule has 3 N–H and O–H groups in total. The summed E-state index contributed by atoms with van der Waals surface area (Å²) in [6, 6.07) is -0.239. The number of likely N-dealkylation sites (N-methyl/N-ethyl adjacent to an activating group) is 1. The lowest BCUT2D eigenvalue weighted by molar-refractivity contribution is -0.131. The van der Waals surface area contributed by atoms with Crippen molar-refractivity contribution in [1.29, 1.82) is 0 Å². The lowest BCUT2D eigenvalue weighted by Crippen LogP contribution is -2.54. The summed E-state index contributed by atoms with van der Waals surface area (Å²) in [5, 5.41) is 8.25. The number of alkyl halides is 1. The molecule has 0 aromatic carbocycles. The fraction of sp³-hybridized carbons (Fsp3) is 0.882. The number of amides is 2. The first-order chi connectivity index (χ1) is 11.0. The van der Waals surface area contributed by atoms with E-state index in [1.165, 1.54) is 19.9 Å². The molecule has 3 atom stereocenters. The fourth-order valence-corrected chi connectivity index (χ4v) is 2.61. The van der Waals surface area contributed by atoms with Crippen LogP contribution in [0.3, 0.4) is 0 Å². The third-order valence-corrected chi connectivity index (χ3v) is 4.51. The Bertz CT molecular complexity index is 395. The van der Waals surface area contributed by atoms with E-state index < -0.39 is 12.2 Å². The van der Waals surface area contributed by atoms with Gasteiger partial charge in [-0.1, -0.05) is 33.6 Å². The van der Waals surface area contributed by atoms with Crippen LogP contribution in [0.2, 0.25) is 0 Å². The van der Waals surface area contributed by atoms with Gasteiger partial charge in [0.1, 0.15) is 5.54 Å². The zero-order valence-corrected chi connectivity index (χ0v) is 14.9. The summed E-state index contributed by atoms with van der Waals surface area (Å²) in [7, 11) is 1.50. The largest absolute Gasteiger partial charge is 0.357 e. The highest BCUT2D eigenvalue weighted by atomic mass is 19.1. The first kappa shape index (κ1) is 19.9. The van der Waals surface area contributed by atoms with Crippen molar-refractivity contribution >= 4 is 11.8 Å². The molecule has 3 fully saturated rings. The number of carbonyl (C=O) groups excluding carboxylic acids is 2. The molecule has 1 saturated heterocycles. The quantitative estimate of drug-likeness (QED) is 0.736. The maximum absolute atomic E-state index is 12.7. The highest BCUT2D eigenvalue weighted by molar-refractivity contribution is 5.96. The Kier molecular flexibility index (Phi) is 7.95. The van der Waals surface area contributed by atoms with Crippen molar-refractivity contribution in [3.63, 3.8) is 0 Å². The summed E-state index contributed by atoms with van der Waals surface area (Å²) >= 11 is 0. The molecule has 0 aromatic rings. The van der Waals surface area contributed by atoms with Crippen LogP contribution in [0.5, 0.6) is 0 Å². The Morgan fingerprint density at radius 3 is 2.22 bits per heavy atom. The Hall–Kier alpha value is -1.17. The van der Waals surface area contributed by atoms with Gasteiger partial charge in [-0.25, -0.2) is 0 Å². The SMILES string of the molecule is CC.CC1CC1.CNC(=O)C1(NC(=O)[C@@H]2CCCN2)CC1CF. The van der Waals surface area contributed by atoms with Crippen molar-refractivity contribution in [2.24, 2.45) is 11.8 Å². The molecule has 134 valence electrons. The molecule has 1 aliphatic heterocycles. The van der Waals surface area contributed by atoms with Crippen LogP contribution in [0.25, 0.3) is 0 Å². The Morgan fingerprint density at radius 2 is 1.87 bits per heavy atom. The van der Waals surface area contributed by atoms with Crippen LogP contribution in [0.1, 0.15) is 52.9 Å². The van der Waals surface area contributed by atoms with Crippen LogP contribution in [-0.2, 0) is 9.59 Å². The Balaban J connectivity index is 0.000000375. The third-order valence-electron chi connectivity index (χ3n) is 4.51. The molecule has 5 nitrogen and oxygen atoms in total. The highest BCUT2D eigenvalue weighted by Crippen LogP contribution is 2.44. The van der Waals surface area contributed by atoms with Gasteiger partial charge in [-0.2, -0.15) is 0 Å². The molecule has 0 bridgehead atoms. The molecule has 2 unspecified atom stereocenters. The number of nitrogens with one attached hydrogen (secondary N) is 3. The smallest absolute Gasteiger partial charge is 0.245 e. The molecule has 6 heteroatoms. The van der Waals surface area contributed by atoms with Gasteiger partial charge in [0.2, 0.25) is 11.8 Å². The van der Waals surface area contributed by atoms with Crippen LogP contribution in [0, 0.1) is 11.8 Å². The van der Waals surface area contributed by atoms with E-state index in [1.807, 2.05) is 13.8 Å². The van der Waals surface area contributed by atoms with E-state index in [-0.39, 0.29) is 23.8 Å². The van der Waals surface area contributed by atoms with Crippen molar-refractivity contribution in [2.45, 2.75) is 64.5 Å². The van der Waals surface area contributed by atoms with E-state index in [9.17, 15) is 14.0 Å². The third kappa shape index (κ3) is 5.44. The Labute approximate surface area is 139 Å². The van der Waals surface area contributed by atoms with Crippen LogP contribution in [0.15, 0.2) is 0 Å². The van der Waals surface area contributed by atoms with Gasteiger partial charge < -0.3 is 16.0 Å². The standard InChI is InChI=1S/C11H18FN3O2.C4H8.C2H6/c1-13-10(17)11(5-7(11)6-12)15-9(16)8-3-2-4-14-8;1-4-2-3-4;1-2/h7-8,14H,2-6H2,1H3,(H,13,17)(H,15,16);4H,2-3H2,1H3;1-2H3/t7?,8-,11?;;/m0../s1. The minimum Gasteiger partial charge on any atom is -0.357 e. The summed E-state index contributed by atoms with van der Waals surface area (Å²) in [5.74, 6) is 0.210. The molecular formula is C17H32FN3O2. The van der Waals surface area contributed by atoms with Gasteiger partial charge in [0.05, 0.1) is 12.7 Å². The predicted molar refractivity (Wildman–Crippen MR) is 89.8 cm³/mol. The summed E-state index contributed by atoms with van der Waals surface area (Å²) in [5.41, 5.74) is -1.01. The van der Waals surface area contributed by atoms with Crippen molar-refractivity contribution in [2.75, 3.05) is 20.3 Å². The molecule has 2 aliphatic carbocycles. The number of halogens is 1. The minimum atomic E-state index is -1.01. The van der Waals surface area contributed by atoms with Crippen LogP contribution < -0.4 is 16.0 Å². The van der Waals surface area contributed by atoms with Gasteiger partial charge in [-0.05, 0) is 31.7 Å². The molecule has 3 aliphatic rings. The molecule has 0 radical (unpaired) electrons. The number of rotatable bonds is 4. The van der Waals surface area contributed by atoms with Gasteiger partial charge in [-0.3, -0.25) is 14.0 Å². The van der Waals surface area contributed by atoms with E-state index >= 15 is 0 Å². The lowest BCUT2D eigenvalue weighted by Gasteiger charge is -2.20. The first-order valence-electron chi connectivity index (χ1n) is 8.87. The summed E-state index contributed by atoms with van der Waals surface area (Å²) in [6.45, 7) is 6.52. The van der Waals surface area contributed by atoms with E-state index in [2.05, 4.69) is 22.9 Å². The van der Waals surface area contributed by atoms with E-state index in [1.54, 1.807) is 0 Å². The first-order valence-corrected chi connectivity index (χ1v) is 8.87. The molecule has 0 spiro atoms. The van der Waals surface area contributed by atoms with Gasteiger partial charge >= 0.3 is 0 Å². The molecule has 23 heavy (non-hydrogen) atoms. The second-order valence-electron chi connectivity index (χ2n) is 6.43.